The molecule has 0 spiro atoms. The van der Waals surface area contributed by atoms with Crippen molar-refractivity contribution in [3.05, 3.63) is 16.6 Å². The van der Waals surface area contributed by atoms with Crippen molar-refractivity contribution < 1.29 is 9.53 Å². The number of Topliss-reactive ketones (excluding diaryl/α,β-unsaturated/α-hetero) is 1. The summed E-state index contributed by atoms with van der Waals surface area (Å²) in [6.45, 7) is 2.59. The molecule has 3 nitrogen and oxygen atoms in total. The number of nitrogens with zero attached hydrogens (tertiary/aromatic N) is 1. The van der Waals surface area contributed by atoms with Crippen molar-refractivity contribution in [2.24, 2.45) is 0 Å². The van der Waals surface area contributed by atoms with Crippen LogP contribution in [0.25, 0.3) is 0 Å². The SMILES string of the molecule is CCOC1(C(=O)Cc2cncs2)CCCCC1. The van der Waals surface area contributed by atoms with E-state index >= 15 is 0 Å². The van der Waals surface area contributed by atoms with Gasteiger partial charge in [-0.2, -0.15) is 0 Å². The zero-order valence-corrected chi connectivity index (χ0v) is 11.1. The standard InChI is InChI=1S/C13H19NO2S/c1-2-16-13(6-4-3-5-7-13)12(15)8-11-9-14-10-17-11/h9-10H,2-8H2,1H3. The molecule has 0 amide bonds. The summed E-state index contributed by atoms with van der Waals surface area (Å²) in [6, 6.07) is 0. The van der Waals surface area contributed by atoms with E-state index in [0.29, 0.717) is 13.0 Å². The van der Waals surface area contributed by atoms with E-state index in [1.807, 2.05) is 6.92 Å². The third-order valence-corrected chi connectivity index (χ3v) is 4.19. The van der Waals surface area contributed by atoms with Gasteiger partial charge in [-0.05, 0) is 19.8 Å². The lowest BCUT2D eigenvalue weighted by molar-refractivity contribution is -0.148. The van der Waals surface area contributed by atoms with E-state index in [4.69, 9.17) is 4.74 Å². The second-order valence-electron chi connectivity index (χ2n) is 4.56. The van der Waals surface area contributed by atoms with Gasteiger partial charge in [0.25, 0.3) is 0 Å². The molecule has 1 aromatic heterocycles. The van der Waals surface area contributed by atoms with Gasteiger partial charge in [-0.3, -0.25) is 9.78 Å². The van der Waals surface area contributed by atoms with Crippen LogP contribution < -0.4 is 0 Å². The fourth-order valence-corrected chi connectivity index (χ4v) is 3.14. The van der Waals surface area contributed by atoms with Gasteiger partial charge in [0.05, 0.1) is 5.51 Å². The quantitative estimate of drug-likeness (QED) is 0.809. The van der Waals surface area contributed by atoms with Crippen molar-refractivity contribution in [3.8, 4) is 0 Å². The smallest absolute Gasteiger partial charge is 0.169 e. The van der Waals surface area contributed by atoms with E-state index in [2.05, 4.69) is 4.98 Å². The summed E-state index contributed by atoms with van der Waals surface area (Å²) in [7, 11) is 0. The van der Waals surface area contributed by atoms with Gasteiger partial charge in [-0.25, -0.2) is 0 Å². The molecule has 1 heterocycles. The first kappa shape index (κ1) is 12.7. The Morgan fingerprint density at radius 3 is 2.82 bits per heavy atom. The summed E-state index contributed by atoms with van der Waals surface area (Å²) in [4.78, 5) is 17.5. The number of aromatic nitrogens is 1. The van der Waals surface area contributed by atoms with Crippen LogP contribution in [0.2, 0.25) is 0 Å². The van der Waals surface area contributed by atoms with Crippen LogP contribution in [0.1, 0.15) is 43.9 Å². The van der Waals surface area contributed by atoms with Crippen LogP contribution in [0.15, 0.2) is 11.7 Å². The van der Waals surface area contributed by atoms with E-state index in [0.717, 1.165) is 30.6 Å². The fraction of sp³-hybridized carbons (Fsp3) is 0.692. The molecule has 1 aliphatic rings. The number of thiazole rings is 1. The second kappa shape index (κ2) is 5.74. The predicted octanol–water partition coefficient (Wildman–Crippen LogP) is 2.99. The van der Waals surface area contributed by atoms with Crippen LogP contribution in [-0.2, 0) is 16.0 Å². The van der Waals surface area contributed by atoms with Gasteiger partial charge >= 0.3 is 0 Å². The van der Waals surface area contributed by atoms with Gasteiger partial charge in [0.15, 0.2) is 5.78 Å². The van der Waals surface area contributed by atoms with Crippen molar-refractivity contribution in [3.63, 3.8) is 0 Å². The van der Waals surface area contributed by atoms with Crippen molar-refractivity contribution in [1.29, 1.82) is 0 Å². The molecule has 0 aromatic carbocycles. The molecule has 94 valence electrons. The van der Waals surface area contributed by atoms with Crippen LogP contribution in [-0.4, -0.2) is 23.0 Å². The third-order valence-electron chi connectivity index (χ3n) is 3.41. The highest BCUT2D eigenvalue weighted by Crippen LogP contribution is 2.33. The molecule has 17 heavy (non-hydrogen) atoms. The maximum atomic E-state index is 12.4. The Bertz CT molecular complexity index is 350. The minimum absolute atomic E-state index is 0.239. The number of carbonyl (C=O) groups is 1. The molecule has 0 bridgehead atoms. The zero-order valence-electron chi connectivity index (χ0n) is 10.3. The second-order valence-corrected chi connectivity index (χ2v) is 5.53. The summed E-state index contributed by atoms with van der Waals surface area (Å²) < 4.78 is 5.82. The van der Waals surface area contributed by atoms with Gasteiger partial charge in [0.1, 0.15) is 5.60 Å². The molecule has 0 radical (unpaired) electrons. The van der Waals surface area contributed by atoms with Gasteiger partial charge in [0.2, 0.25) is 0 Å². The lowest BCUT2D eigenvalue weighted by Crippen LogP contribution is -2.44. The molecule has 0 saturated heterocycles. The monoisotopic (exact) mass is 253 g/mol. The van der Waals surface area contributed by atoms with Gasteiger partial charge in [-0.15, -0.1) is 11.3 Å². The largest absolute Gasteiger partial charge is 0.367 e. The average Bonchev–Trinajstić information content (AvgIpc) is 2.83. The molecular weight excluding hydrogens is 234 g/mol. The molecule has 0 N–H and O–H groups in total. The van der Waals surface area contributed by atoms with Crippen LogP contribution >= 0.6 is 11.3 Å². The van der Waals surface area contributed by atoms with E-state index in [1.165, 1.54) is 6.42 Å². The lowest BCUT2D eigenvalue weighted by atomic mass is 9.80. The third kappa shape index (κ3) is 2.93. The van der Waals surface area contributed by atoms with Crippen LogP contribution in [0.5, 0.6) is 0 Å². The first-order chi connectivity index (χ1) is 8.27. The number of carbonyl (C=O) groups excluding carboxylic acids is 1. The Morgan fingerprint density at radius 1 is 1.47 bits per heavy atom. The average molecular weight is 253 g/mol. The Morgan fingerprint density at radius 2 is 2.24 bits per heavy atom. The Kier molecular flexibility index (Phi) is 4.29. The molecule has 1 aromatic rings. The maximum Gasteiger partial charge on any atom is 0.169 e. The summed E-state index contributed by atoms with van der Waals surface area (Å²) >= 11 is 1.54. The normalized spacial score (nSPS) is 19.1. The lowest BCUT2D eigenvalue weighted by Gasteiger charge is -2.35. The van der Waals surface area contributed by atoms with E-state index < -0.39 is 5.60 Å². The maximum absolute atomic E-state index is 12.4. The predicted molar refractivity (Wildman–Crippen MR) is 68.3 cm³/mol. The van der Waals surface area contributed by atoms with Crippen LogP contribution in [0, 0.1) is 0 Å². The van der Waals surface area contributed by atoms with Gasteiger partial charge in [0, 0.05) is 24.1 Å². The van der Waals surface area contributed by atoms with E-state index in [1.54, 1.807) is 23.0 Å². The summed E-state index contributed by atoms with van der Waals surface area (Å²) in [5.41, 5.74) is 1.27. The Labute approximate surface area is 106 Å². The molecule has 1 aliphatic carbocycles. The number of rotatable bonds is 5. The Hall–Kier alpha value is -0.740. The van der Waals surface area contributed by atoms with Gasteiger partial charge in [-0.1, -0.05) is 19.3 Å². The van der Waals surface area contributed by atoms with Crippen molar-refractivity contribution in [1.82, 2.24) is 4.98 Å². The van der Waals surface area contributed by atoms with Gasteiger partial charge < -0.3 is 4.74 Å². The molecule has 0 aliphatic heterocycles. The topological polar surface area (TPSA) is 39.2 Å². The minimum Gasteiger partial charge on any atom is -0.367 e. The highest BCUT2D eigenvalue weighted by Gasteiger charge is 2.39. The molecule has 1 fully saturated rings. The Balaban J connectivity index is 2.06. The molecule has 0 atom stereocenters. The first-order valence-corrected chi connectivity index (χ1v) is 7.19. The number of ketones is 1. The summed E-state index contributed by atoms with van der Waals surface area (Å²) in [6.07, 6.45) is 7.47. The van der Waals surface area contributed by atoms with Crippen LogP contribution in [0.3, 0.4) is 0 Å². The highest BCUT2D eigenvalue weighted by molar-refractivity contribution is 7.09. The number of hydrogen-bond acceptors (Lipinski definition) is 4. The number of ether oxygens (including phenoxy) is 1. The molecule has 1 saturated carbocycles. The zero-order chi connectivity index (χ0) is 12.1. The van der Waals surface area contributed by atoms with Crippen molar-refractivity contribution in [2.45, 2.75) is 51.0 Å². The molecule has 0 unspecified atom stereocenters. The van der Waals surface area contributed by atoms with Crippen molar-refractivity contribution in [2.75, 3.05) is 6.61 Å². The molecule has 2 rings (SSSR count). The summed E-state index contributed by atoms with van der Waals surface area (Å²) in [5.74, 6) is 0.239. The minimum atomic E-state index is -0.503. The first-order valence-electron chi connectivity index (χ1n) is 6.31. The van der Waals surface area contributed by atoms with Crippen molar-refractivity contribution >= 4 is 17.1 Å². The molecule has 4 heteroatoms. The van der Waals surface area contributed by atoms with E-state index in [-0.39, 0.29) is 5.78 Å². The highest BCUT2D eigenvalue weighted by atomic mass is 32.1. The van der Waals surface area contributed by atoms with E-state index in [9.17, 15) is 4.79 Å². The number of hydrogen-bond donors (Lipinski definition) is 0. The molecular formula is C13H19NO2S. The summed E-state index contributed by atoms with van der Waals surface area (Å²) in [5, 5.41) is 0. The van der Waals surface area contributed by atoms with Crippen LogP contribution in [0.4, 0.5) is 0 Å². The fourth-order valence-electron chi connectivity index (χ4n) is 2.55.